The van der Waals surface area contributed by atoms with Gasteiger partial charge in [-0.1, -0.05) is 6.07 Å². The number of aromatic nitrogens is 2. The highest BCUT2D eigenvalue weighted by atomic mass is 19.4. The van der Waals surface area contributed by atoms with E-state index in [1.807, 2.05) is 0 Å². The number of benzene rings is 1. The van der Waals surface area contributed by atoms with Gasteiger partial charge in [-0.15, -0.1) is 0 Å². The monoisotopic (exact) mass is 256 g/mol. The van der Waals surface area contributed by atoms with Crippen molar-refractivity contribution >= 4 is 16.9 Å². The summed E-state index contributed by atoms with van der Waals surface area (Å²) in [5, 5.41) is 0.479. The fourth-order valence-corrected chi connectivity index (χ4v) is 1.70. The van der Waals surface area contributed by atoms with Crippen LogP contribution in [0, 0.1) is 0 Å². The molecule has 0 fully saturated rings. The van der Waals surface area contributed by atoms with Crippen molar-refractivity contribution < 1.29 is 13.2 Å². The molecule has 1 heterocycles. The molecule has 4 N–H and O–H groups in total. The molecule has 0 radical (unpaired) electrons. The third kappa shape index (κ3) is 2.21. The van der Waals surface area contributed by atoms with Crippen LogP contribution in [0.5, 0.6) is 0 Å². The van der Waals surface area contributed by atoms with Crippen LogP contribution in [-0.4, -0.2) is 9.97 Å². The van der Waals surface area contributed by atoms with Crippen molar-refractivity contribution in [3.05, 3.63) is 29.5 Å². The molecule has 1 atom stereocenters. The SMILES string of the molecule is CC(N)c1nc(N)nc2cc(C(F)(F)F)ccc12. The molecule has 1 aromatic carbocycles. The lowest BCUT2D eigenvalue weighted by Crippen LogP contribution is -2.11. The number of hydrogen-bond donors (Lipinski definition) is 2. The second-order valence-corrected chi connectivity index (χ2v) is 3.99. The molecule has 7 heteroatoms. The summed E-state index contributed by atoms with van der Waals surface area (Å²) >= 11 is 0. The summed E-state index contributed by atoms with van der Waals surface area (Å²) < 4.78 is 37.7. The highest BCUT2D eigenvalue weighted by Crippen LogP contribution is 2.32. The highest BCUT2D eigenvalue weighted by molar-refractivity contribution is 5.83. The van der Waals surface area contributed by atoms with Gasteiger partial charge in [0.25, 0.3) is 0 Å². The van der Waals surface area contributed by atoms with E-state index in [4.69, 9.17) is 11.5 Å². The van der Waals surface area contributed by atoms with Crippen molar-refractivity contribution in [2.45, 2.75) is 19.1 Å². The summed E-state index contributed by atoms with van der Waals surface area (Å²) in [6.07, 6.45) is -4.41. The summed E-state index contributed by atoms with van der Waals surface area (Å²) in [6.45, 7) is 1.68. The third-order valence-corrected chi connectivity index (χ3v) is 2.50. The fourth-order valence-electron chi connectivity index (χ4n) is 1.70. The zero-order valence-corrected chi connectivity index (χ0v) is 9.49. The minimum Gasteiger partial charge on any atom is -0.368 e. The largest absolute Gasteiger partial charge is 0.416 e. The summed E-state index contributed by atoms with van der Waals surface area (Å²) in [6, 6.07) is 2.80. The molecule has 0 amide bonds. The van der Waals surface area contributed by atoms with E-state index < -0.39 is 17.8 Å². The topological polar surface area (TPSA) is 77.8 Å². The number of rotatable bonds is 1. The van der Waals surface area contributed by atoms with Crippen LogP contribution < -0.4 is 11.5 Å². The van der Waals surface area contributed by atoms with Crippen LogP contribution in [0.4, 0.5) is 19.1 Å². The molecule has 96 valence electrons. The Bertz CT molecular complexity index is 593. The highest BCUT2D eigenvalue weighted by Gasteiger charge is 2.30. The minimum absolute atomic E-state index is 0.0888. The predicted molar refractivity (Wildman–Crippen MR) is 61.6 cm³/mol. The molecule has 2 aromatic rings. The number of hydrogen-bond acceptors (Lipinski definition) is 4. The van der Waals surface area contributed by atoms with E-state index in [1.165, 1.54) is 6.07 Å². The van der Waals surface area contributed by atoms with Crippen LogP contribution in [-0.2, 0) is 6.18 Å². The van der Waals surface area contributed by atoms with E-state index >= 15 is 0 Å². The molecular weight excluding hydrogens is 245 g/mol. The minimum atomic E-state index is -4.41. The summed E-state index contributed by atoms with van der Waals surface area (Å²) in [5.74, 6) is -0.0888. The van der Waals surface area contributed by atoms with Gasteiger partial charge in [-0.2, -0.15) is 13.2 Å². The zero-order valence-electron chi connectivity index (χ0n) is 9.49. The van der Waals surface area contributed by atoms with E-state index in [0.717, 1.165) is 12.1 Å². The first-order valence-electron chi connectivity index (χ1n) is 5.19. The van der Waals surface area contributed by atoms with E-state index in [2.05, 4.69) is 9.97 Å². The van der Waals surface area contributed by atoms with Gasteiger partial charge in [-0.3, -0.25) is 0 Å². The van der Waals surface area contributed by atoms with Crippen LogP contribution in [0.2, 0.25) is 0 Å². The zero-order chi connectivity index (χ0) is 13.5. The second kappa shape index (κ2) is 4.09. The number of anilines is 1. The van der Waals surface area contributed by atoms with Crippen LogP contribution in [0.1, 0.15) is 24.2 Å². The van der Waals surface area contributed by atoms with Crippen LogP contribution in [0.3, 0.4) is 0 Å². The van der Waals surface area contributed by atoms with Crippen molar-refractivity contribution in [3.63, 3.8) is 0 Å². The summed E-state index contributed by atoms with van der Waals surface area (Å²) in [4.78, 5) is 7.76. The Balaban J connectivity index is 2.72. The van der Waals surface area contributed by atoms with E-state index in [0.29, 0.717) is 11.1 Å². The van der Waals surface area contributed by atoms with E-state index in [9.17, 15) is 13.2 Å². The maximum atomic E-state index is 12.6. The number of halogens is 3. The molecule has 2 rings (SSSR count). The van der Waals surface area contributed by atoms with E-state index in [1.54, 1.807) is 6.92 Å². The lowest BCUT2D eigenvalue weighted by Gasteiger charge is -2.12. The van der Waals surface area contributed by atoms with Gasteiger partial charge in [0.1, 0.15) is 0 Å². The Morgan fingerprint density at radius 3 is 2.44 bits per heavy atom. The first kappa shape index (κ1) is 12.6. The standard InChI is InChI=1S/C11H11F3N4/c1-5(15)9-7-3-2-6(11(12,13)14)4-8(7)17-10(16)18-9/h2-5H,15H2,1H3,(H2,16,17,18). The normalized spacial score (nSPS) is 13.8. The second-order valence-electron chi connectivity index (χ2n) is 3.99. The van der Waals surface area contributed by atoms with Gasteiger partial charge in [0.15, 0.2) is 0 Å². The van der Waals surface area contributed by atoms with Crippen molar-refractivity contribution in [1.82, 2.24) is 9.97 Å². The van der Waals surface area contributed by atoms with Gasteiger partial charge >= 0.3 is 6.18 Å². The molecule has 0 bridgehead atoms. The number of nitrogen functional groups attached to an aromatic ring is 1. The average molecular weight is 256 g/mol. The molecule has 18 heavy (non-hydrogen) atoms. The van der Waals surface area contributed by atoms with Gasteiger partial charge in [0.05, 0.1) is 16.8 Å². The maximum Gasteiger partial charge on any atom is 0.416 e. The first-order chi connectivity index (χ1) is 8.29. The molecule has 1 unspecified atom stereocenters. The molecular formula is C11H11F3N4. The molecule has 0 aliphatic rings. The number of alkyl halides is 3. The molecule has 4 nitrogen and oxygen atoms in total. The van der Waals surface area contributed by atoms with Crippen molar-refractivity contribution in [3.8, 4) is 0 Å². The van der Waals surface area contributed by atoms with Crippen LogP contribution >= 0.6 is 0 Å². The van der Waals surface area contributed by atoms with Crippen molar-refractivity contribution in [2.24, 2.45) is 5.73 Å². The van der Waals surface area contributed by atoms with Crippen LogP contribution in [0.15, 0.2) is 18.2 Å². The van der Waals surface area contributed by atoms with E-state index in [-0.39, 0.29) is 11.5 Å². The molecule has 0 aliphatic carbocycles. The predicted octanol–water partition coefficient (Wildman–Crippen LogP) is 2.25. The Hall–Kier alpha value is -1.89. The lowest BCUT2D eigenvalue weighted by atomic mass is 10.1. The Kier molecular flexibility index (Phi) is 2.86. The Morgan fingerprint density at radius 2 is 1.89 bits per heavy atom. The molecule has 1 aromatic heterocycles. The number of fused-ring (bicyclic) bond motifs is 1. The van der Waals surface area contributed by atoms with Gasteiger partial charge in [0.2, 0.25) is 5.95 Å². The van der Waals surface area contributed by atoms with Gasteiger partial charge in [-0.05, 0) is 19.1 Å². The van der Waals surface area contributed by atoms with Gasteiger partial charge in [-0.25, -0.2) is 9.97 Å². The average Bonchev–Trinajstić information content (AvgIpc) is 2.25. The summed E-state index contributed by atoms with van der Waals surface area (Å²) in [7, 11) is 0. The maximum absolute atomic E-state index is 12.6. The third-order valence-electron chi connectivity index (χ3n) is 2.50. The lowest BCUT2D eigenvalue weighted by molar-refractivity contribution is -0.137. The smallest absolute Gasteiger partial charge is 0.368 e. The number of nitrogens with zero attached hydrogens (tertiary/aromatic N) is 2. The molecule has 0 spiro atoms. The van der Waals surface area contributed by atoms with Gasteiger partial charge in [0, 0.05) is 11.4 Å². The Morgan fingerprint density at radius 1 is 1.22 bits per heavy atom. The molecule has 0 aliphatic heterocycles. The number of nitrogens with two attached hydrogens (primary N) is 2. The Labute approximate surface area is 101 Å². The molecule has 0 saturated heterocycles. The quantitative estimate of drug-likeness (QED) is 0.820. The fraction of sp³-hybridized carbons (Fsp3) is 0.273. The van der Waals surface area contributed by atoms with Gasteiger partial charge < -0.3 is 11.5 Å². The van der Waals surface area contributed by atoms with Crippen molar-refractivity contribution in [2.75, 3.05) is 5.73 Å². The summed E-state index contributed by atoms with van der Waals surface area (Å²) in [5.41, 5.74) is 11.0. The first-order valence-corrected chi connectivity index (χ1v) is 5.19. The molecule has 0 saturated carbocycles. The van der Waals surface area contributed by atoms with Crippen LogP contribution in [0.25, 0.3) is 10.9 Å². The van der Waals surface area contributed by atoms with Crippen molar-refractivity contribution in [1.29, 1.82) is 0 Å².